The van der Waals surface area contributed by atoms with E-state index in [1.54, 1.807) is 27.0 Å². The summed E-state index contributed by atoms with van der Waals surface area (Å²) in [4.78, 5) is 24.9. The molecule has 1 saturated heterocycles. The van der Waals surface area contributed by atoms with Crippen molar-refractivity contribution in [2.75, 3.05) is 13.1 Å². The van der Waals surface area contributed by atoms with Crippen LogP contribution in [0.1, 0.15) is 32.8 Å². The molecular weight excluding hydrogens is 363 g/mol. The molecule has 2 aromatic rings. The average molecular weight is 385 g/mol. The first-order chi connectivity index (χ1) is 12.1. The van der Waals surface area contributed by atoms with Crippen LogP contribution in [-0.4, -0.2) is 56.9 Å². The van der Waals surface area contributed by atoms with Gasteiger partial charge in [-0.05, 0) is 44.9 Å². The molecule has 0 radical (unpaired) electrons. The van der Waals surface area contributed by atoms with Gasteiger partial charge in [0, 0.05) is 19.2 Å². The third kappa shape index (κ3) is 4.00. The average Bonchev–Trinajstić information content (AvgIpc) is 2.88. The van der Waals surface area contributed by atoms with Crippen molar-refractivity contribution in [1.29, 1.82) is 0 Å². The Bertz CT molecular complexity index is 820. The first-order valence-corrected chi connectivity index (χ1v) is 8.82. The van der Waals surface area contributed by atoms with E-state index in [-0.39, 0.29) is 30.7 Å². The van der Waals surface area contributed by atoms with Crippen LogP contribution in [0.4, 0.5) is 9.18 Å². The summed E-state index contributed by atoms with van der Waals surface area (Å²) in [5, 5.41) is 0.653. The fourth-order valence-corrected chi connectivity index (χ4v) is 3.00. The van der Waals surface area contributed by atoms with Crippen molar-refractivity contribution in [2.45, 2.75) is 52.0 Å². The maximum atomic E-state index is 14.4. The maximum absolute atomic E-state index is 14.4. The van der Waals surface area contributed by atoms with Gasteiger partial charge in [0.2, 0.25) is 11.2 Å². The molecule has 2 aromatic heterocycles. The minimum atomic E-state index is -1.23. The van der Waals surface area contributed by atoms with E-state index in [0.29, 0.717) is 11.0 Å². The molecule has 7 nitrogen and oxygen atoms in total. The van der Waals surface area contributed by atoms with Gasteiger partial charge in [0.25, 0.3) is 0 Å². The highest BCUT2D eigenvalue weighted by Gasteiger charge is 2.35. The fourth-order valence-electron chi connectivity index (χ4n) is 2.84. The van der Waals surface area contributed by atoms with Crippen LogP contribution in [0.2, 0.25) is 5.28 Å². The Balaban J connectivity index is 1.80. The smallest absolute Gasteiger partial charge is 0.410 e. The summed E-state index contributed by atoms with van der Waals surface area (Å²) < 4.78 is 25.6. The number of hydrogen-bond acceptors (Lipinski definition) is 5. The van der Waals surface area contributed by atoms with Crippen molar-refractivity contribution in [3.05, 3.63) is 17.0 Å². The summed E-state index contributed by atoms with van der Waals surface area (Å²) >= 11 is 5.94. The Hall–Kier alpha value is -2.09. The monoisotopic (exact) mass is 384 g/mol. The lowest BCUT2D eigenvalue weighted by Crippen LogP contribution is -2.51. The number of piperidine rings is 1. The number of carbonyl (C=O) groups is 1. The lowest BCUT2D eigenvalue weighted by atomic mass is 10.1. The van der Waals surface area contributed by atoms with E-state index in [2.05, 4.69) is 15.0 Å². The van der Waals surface area contributed by atoms with E-state index in [1.807, 2.05) is 6.92 Å². The molecule has 26 heavy (non-hydrogen) atoms. The highest BCUT2D eigenvalue weighted by Crippen LogP contribution is 2.30. The van der Waals surface area contributed by atoms with Gasteiger partial charge in [0.15, 0.2) is 0 Å². The molecule has 142 valence electrons. The first-order valence-electron chi connectivity index (χ1n) is 8.44. The molecule has 0 unspecified atom stereocenters. The topological polar surface area (TPSA) is 80.3 Å². The Morgan fingerprint density at radius 3 is 2.85 bits per heavy atom. The van der Waals surface area contributed by atoms with Crippen molar-refractivity contribution in [1.82, 2.24) is 19.9 Å². The van der Waals surface area contributed by atoms with Gasteiger partial charge in [-0.3, -0.25) is 0 Å². The first kappa shape index (κ1) is 18.7. The quantitative estimate of drug-likeness (QED) is 0.799. The number of nitrogens with zero attached hydrogens (tertiary/aromatic N) is 3. The summed E-state index contributed by atoms with van der Waals surface area (Å²) in [6, 6.07) is 0. The number of likely N-dealkylation sites (tertiary alicyclic amines) is 1. The molecule has 1 amide bonds. The fraction of sp³-hybridized carbons (Fsp3) is 0.588. The third-order valence-corrected chi connectivity index (χ3v) is 4.23. The number of ether oxygens (including phenoxy) is 2. The van der Waals surface area contributed by atoms with Crippen molar-refractivity contribution >= 4 is 28.7 Å². The summed E-state index contributed by atoms with van der Waals surface area (Å²) in [5.41, 5.74) is 0.767. The summed E-state index contributed by atoms with van der Waals surface area (Å²) in [5.74, 6) is 0.206. The number of amides is 1. The van der Waals surface area contributed by atoms with Crippen LogP contribution < -0.4 is 4.74 Å². The lowest BCUT2D eigenvalue weighted by Gasteiger charge is -2.35. The molecule has 0 saturated carbocycles. The number of halogens is 2. The molecule has 0 bridgehead atoms. The van der Waals surface area contributed by atoms with Gasteiger partial charge in [-0.1, -0.05) is 0 Å². The lowest BCUT2D eigenvalue weighted by molar-refractivity contribution is -0.0129. The van der Waals surface area contributed by atoms with E-state index in [4.69, 9.17) is 21.1 Å². The standard InChI is InChI=1S/C17H22ClFN4O3/c1-9-7-20-13-12(9)14(22-15(18)21-13)25-11-8-23(6-5-10(11)19)16(24)26-17(2,3)4/h7,10-11H,5-6,8H2,1-4H3,(H,20,21,22)/t10-,11+/m1/s1. The second-order valence-corrected chi connectivity index (χ2v) is 7.72. The predicted octanol–water partition coefficient (Wildman–Crippen LogP) is 3.65. The number of aryl methyl sites for hydroxylation is 1. The molecule has 0 aliphatic carbocycles. The SMILES string of the molecule is Cc1c[nH]c2nc(Cl)nc(O[C@H]3CN(C(=O)OC(C)(C)C)CC[C@H]3F)c12. The van der Waals surface area contributed by atoms with E-state index in [0.717, 1.165) is 5.56 Å². The molecule has 1 aliphatic heterocycles. The zero-order valence-electron chi connectivity index (χ0n) is 15.2. The normalized spacial score (nSPS) is 21.1. The minimum Gasteiger partial charge on any atom is -0.469 e. The highest BCUT2D eigenvalue weighted by atomic mass is 35.5. The largest absolute Gasteiger partial charge is 0.469 e. The highest BCUT2D eigenvalue weighted by molar-refractivity contribution is 6.28. The van der Waals surface area contributed by atoms with Crippen LogP contribution in [0.25, 0.3) is 11.0 Å². The number of aromatic amines is 1. The van der Waals surface area contributed by atoms with E-state index < -0.39 is 24.0 Å². The summed E-state index contributed by atoms with van der Waals surface area (Å²) in [6.07, 6.45) is -0.653. The second kappa shape index (κ2) is 6.90. The zero-order chi connectivity index (χ0) is 19.1. The third-order valence-electron chi connectivity index (χ3n) is 4.06. The van der Waals surface area contributed by atoms with Crippen molar-refractivity contribution in [3.8, 4) is 5.88 Å². The van der Waals surface area contributed by atoms with Gasteiger partial charge in [-0.25, -0.2) is 9.18 Å². The van der Waals surface area contributed by atoms with Crippen LogP contribution in [-0.2, 0) is 4.74 Å². The van der Waals surface area contributed by atoms with E-state index in [1.165, 1.54) is 4.90 Å². The molecule has 0 aromatic carbocycles. The molecule has 1 fully saturated rings. The maximum Gasteiger partial charge on any atom is 0.410 e. The number of carbonyl (C=O) groups excluding carboxylic acids is 1. The molecule has 3 rings (SSSR count). The molecule has 3 heterocycles. The number of nitrogens with one attached hydrogen (secondary N) is 1. The molecular formula is C17H22ClFN4O3. The van der Waals surface area contributed by atoms with Crippen LogP contribution in [0.15, 0.2) is 6.20 Å². The second-order valence-electron chi connectivity index (χ2n) is 7.38. The molecule has 1 aliphatic rings. The van der Waals surface area contributed by atoms with Gasteiger partial charge in [0.1, 0.15) is 23.5 Å². The number of aromatic nitrogens is 3. The Labute approximate surface area is 155 Å². The van der Waals surface area contributed by atoms with Crippen molar-refractivity contribution < 1.29 is 18.7 Å². The number of H-pyrrole nitrogens is 1. The van der Waals surface area contributed by atoms with Gasteiger partial charge >= 0.3 is 6.09 Å². The Morgan fingerprint density at radius 2 is 2.15 bits per heavy atom. The van der Waals surface area contributed by atoms with Gasteiger partial charge in [-0.2, -0.15) is 9.97 Å². The predicted molar refractivity (Wildman–Crippen MR) is 95.4 cm³/mol. The van der Waals surface area contributed by atoms with Crippen LogP contribution in [0.3, 0.4) is 0 Å². The summed E-state index contributed by atoms with van der Waals surface area (Å²) in [6.45, 7) is 7.57. The zero-order valence-corrected chi connectivity index (χ0v) is 15.9. The van der Waals surface area contributed by atoms with Crippen molar-refractivity contribution in [3.63, 3.8) is 0 Å². The van der Waals surface area contributed by atoms with Gasteiger partial charge < -0.3 is 19.4 Å². The summed E-state index contributed by atoms with van der Waals surface area (Å²) in [7, 11) is 0. The Kier molecular flexibility index (Phi) is 4.96. The van der Waals surface area contributed by atoms with Gasteiger partial charge in [0.05, 0.1) is 11.9 Å². The number of hydrogen-bond donors (Lipinski definition) is 1. The minimum absolute atomic E-state index is 0.00423. The van der Waals surface area contributed by atoms with Crippen LogP contribution >= 0.6 is 11.6 Å². The van der Waals surface area contributed by atoms with Gasteiger partial charge in [-0.15, -0.1) is 0 Å². The Morgan fingerprint density at radius 1 is 1.42 bits per heavy atom. The van der Waals surface area contributed by atoms with Crippen LogP contribution in [0.5, 0.6) is 5.88 Å². The molecule has 9 heteroatoms. The number of rotatable bonds is 2. The number of alkyl halides is 1. The van der Waals surface area contributed by atoms with E-state index >= 15 is 0 Å². The van der Waals surface area contributed by atoms with Crippen molar-refractivity contribution in [2.24, 2.45) is 0 Å². The molecule has 1 N–H and O–H groups in total. The molecule has 2 atom stereocenters. The number of fused-ring (bicyclic) bond motifs is 1. The molecule has 0 spiro atoms. The van der Waals surface area contributed by atoms with Crippen LogP contribution in [0, 0.1) is 6.92 Å². The van der Waals surface area contributed by atoms with E-state index in [9.17, 15) is 9.18 Å².